The molecule has 1 heterocycles. The smallest absolute Gasteiger partial charge is 0.308 e. The highest BCUT2D eigenvalue weighted by Gasteiger charge is 2.34. The highest BCUT2D eigenvalue weighted by Crippen LogP contribution is 2.24. The fraction of sp³-hybridized carbons (Fsp3) is 0.833. The zero-order chi connectivity index (χ0) is 13.0. The van der Waals surface area contributed by atoms with E-state index in [0.29, 0.717) is 6.42 Å². The molecule has 1 aliphatic rings. The van der Waals surface area contributed by atoms with Crippen LogP contribution in [0, 0.1) is 5.92 Å². The molecule has 0 aromatic heterocycles. The van der Waals surface area contributed by atoms with Gasteiger partial charge in [0.25, 0.3) is 0 Å². The Morgan fingerprint density at radius 3 is 2.53 bits per heavy atom. The first-order chi connectivity index (χ1) is 7.93. The van der Waals surface area contributed by atoms with E-state index in [1.807, 2.05) is 6.92 Å². The van der Waals surface area contributed by atoms with Crippen LogP contribution in [0.4, 0.5) is 0 Å². The van der Waals surface area contributed by atoms with Crippen molar-refractivity contribution in [2.75, 3.05) is 27.2 Å². The number of rotatable bonds is 5. The molecule has 5 heteroatoms. The van der Waals surface area contributed by atoms with Gasteiger partial charge in [-0.15, -0.1) is 0 Å². The van der Waals surface area contributed by atoms with E-state index >= 15 is 0 Å². The maximum atomic E-state index is 11.4. The van der Waals surface area contributed by atoms with Crippen molar-refractivity contribution >= 4 is 11.9 Å². The lowest BCUT2D eigenvalue weighted by molar-refractivity contribution is -0.142. The number of hydrogen-bond acceptors (Lipinski definition) is 3. The van der Waals surface area contributed by atoms with Crippen molar-refractivity contribution in [2.45, 2.75) is 32.2 Å². The third-order valence-electron chi connectivity index (χ3n) is 3.54. The minimum atomic E-state index is -0.704. The number of likely N-dealkylation sites (tertiary alicyclic amines) is 1. The molecule has 1 amide bonds. The van der Waals surface area contributed by atoms with Crippen LogP contribution in [-0.2, 0) is 9.59 Å². The summed E-state index contributed by atoms with van der Waals surface area (Å²) in [4.78, 5) is 26.1. The van der Waals surface area contributed by atoms with Gasteiger partial charge >= 0.3 is 5.97 Å². The molecule has 1 aliphatic heterocycles. The minimum Gasteiger partial charge on any atom is -0.481 e. The molecule has 2 unspecified atom stereocenters. The van der Waals surface area contributed by atoms with Crippen molar-refractivity contribution in [1.29, 1.82) is 0 Å². The Labute approximate surface area is 102 Å². The fourth-order valence-corrected chi connectivity index (χ4v) is 2.31. The second-order valence-electron chi connectivity index (χ2n) is 4.90. The largest absolute Gasteiger partial charge is 0.481 e. The quantitative estimate of drug-likeness (QED) is 0.769. The van der Waals surface area contributed by atoms with Gasteiger partial charge < -0.3 is 10.0 Å². The average Bonchev–Trinajstić information content (AvgIpc) is 2.60. The Morgan fingerprint density at radius 2 is 2.06 bits per heavy atom. The van der Waals surface area contributed by atoms with Gasteiger partial charge in [-0.1, -0.05) is 0 Å². The number of aliphatic carboxylic acids is 1. The second-order valence-corrected chi connectivity index (χ2v) is 4.90. The Balaban J connectivity index is 2.30. The van der Waals surface area contributed by atoms with Gasteiger partial charge in [0.2, 0.25) is 5.91 Å². The fourth-order valence-electron chi connectivity index (χ4n) is 2.31. The van der Waals surface area contributed by atoms with E-state index in [2.05, 4.69) is 4.90 Å². The molecular weight excluding hydrogens is 220 g/mol. The number of carbonyl (C=O) groups excluding carboxylic acids is 1. The van der Waals surface area contributed by atoms with E-state index in [4.69, 9.17) is 5.11 Å². The van der Waals surface area contributed by atoms with Gasteiger partial charge in [-0.2, -0.15) is 0 Å². The van der Waals surface area contributed by atoms with Crippen LogP contribution in [0.2, 0.25) is 0 Å². The molecule has 0 aromatic rings. The Bertz CT molecular complexity index is 291. The van der Waals surface area contributed by atoms with Crippen molar-refractivity contribution in [2.24, 2.45) is 5.92 Å². The number of nitrogens with zero attached hydrogens (tertiary/aromatic N) is 2. The van der Waals surface area contributed by atoms with Crippen LogP contribution < -0.4 is 0 Å². The lowest BCUT2D eigenvalue weighted by Gasteiger charge is -2.23. The molecule has 1 rings (SSSR count). The molecule has 1 fully saturated rings. The van der Waals surface area contributed by atoms with Crippen LogP contribution in [0.3, 0.4) is 0 Å². The van der Waals surface area contributed by atoms with Gasteiger partial charge in [-0.25, -0.2) is 0 Å². The SMILES string of the molecule is CC1C(C(=O)O)CCN1CCCC(=O)N(C)C. The monoisotopic (exact) mass is 242 g/mol. The van der Waals surface area contributed by atoms with Crippen molar-refractivity contribution < 1.29 is 14.7 Å². The molecule has 1 N–H and O–H groups in total. The highest BCUT2D eigenvalue weighted by atomic mass is 16.4. The van der Waals surface area contributed by atoms with E-state index in [0.717, 1.165) is 25.9 Å². The van der Waals surface area contributed by atoms with Crippen LogP contribution in [0.1, 0.15) is 26.2 Å². The van der Waals surface area contributed by atoms with Gasteiger partial charge in [0.05, 0.1) is 5.92 Å². The zero-order valence-electron chi connectivity index (χ0n) is 10.8. The van der Waals surface area contributed by atoms with E-state index in [1.54, 1.807) is 19.0 Å². The summed E-state index contributed by atoms with van der Waals surface area (Å²) in [6.07, 6.45) is 2.06. The van der Waals surface area contributed by atoms with Crippen LogP contribution in [0.25, 0.3) is 0 Å². The van der Waals surface area contributed by atoms with Gasteiger partial charge in [0.1, 0.15) is 0 Å². The summed E-state index contributed by atoms with van der Waals surface area (Å²) in [5.74, 6) is -0.824. The minimum absolute atomic E-state index is 0.0851. The molecule has 98 valence electrons. The van der Waals surface area contributed by atoms with Gasteiger partial charge in [0, 0.05) is 26.6 Å². The molecule has 5 nitrogen and oxygen atoms in total. The van der Waals surface area contributed by atoms with E-state index in [9.17, 15) is 9.59 Å². The summed E-state index contributed by atoms with van der Waals surface area (Å²) >= 11 is 0. The number of carbonyl (C=O) groups is 2. The number of hydrogen-bond donors (Lipinski definition) is 1. The van der Waals surface area contributed by atoms with Crippen LogP contribution in [-0.4, -0.2) is 60.0 Å². The lowest BCUT2D eigenvalue weighted by Crippen LogP contribution is -2.34. The summed E-state index contributed by atoms with van der Waals surface area (Å²) in [5.41, 5.74) is 0. The van der Waals surface area contributed by atoms with Crippen molar-refractivity contribution in [1.82, 2.24) is 9.80 Å². The zero-order valence-corrected chi connectivity index (χ0v) is 10.8. The molecule has 0 aromatic carbocycles. The van der Waals surface area contributed by atoms with Gasteiger partial charge in [0.15, 0.2) is 0 Å². The molecule has 2 atom stereocenters. The summed E-state index contributed by atoms with van der Waals surface area (Å²) < 4.78 is 0. The van der Waals surface area contributed by atoms with Crippen molar-refractivity contribution in [3.8, 4) is 0 Å². The summed E-state index contributed by atoms with van der Waals surface area (Å²) in [7, 11) is 3.50. The summed E-state index contributed by atoms with van der Waals surface area (Å²) in [6, 6.07) is 0.0851. The molecule has 0 saturated carbocycles. The Hall–Kier alpha value is -1.10. The lowest BCUT2D eigenvalue weighted by atomic mass is 10.0. The van der Waals surface area contributed by atoms with Crippen molar-refractivity contribution in [3.63, 3.8) is 0 Å². The van der Waals surface area contributed by atoms with Crippen LogP contribution >= 0.6 is 0 Å². The van der Waals surface area contributed by atoms with E-state index in [1.165, 1.54) is 0 Å². The molecule has 0 radical (unpaired) electrons. The first-order valence-corrected chi connectivity index (χ1v) is 6.10. The van der Waals surface area contributed by atoms with Gasteiger partial charge in [-0.05, 0) is 32.9 Å². The Morgan fingerprint density at radius 1 is 1.41 bits per heavy atom. The molecule has 17 heavy (non-hydrogen) atoms. The van der Waals surface area contributed by atoms with Crippen LogP contribution in [0.5, 0.6) is 0 Å². The van der Waals surface area contributed by atoms with E-state index in [-0.39, 0.29) is 17.9 Å². The third kappa shape index (κ3) is 3.70. The molecule has 0 bridgehead atoms. The highest BCUT2D eigenvalue weighted by molar-refractivity contribution is 5.75. The molecule has 0 spiro atoms. The first kappa shape index (κ1) is 14.0. The molecule has 0 aliphatic carbocycles. The average molecular weight is 242 g/mol. The molecule has 1 saturated heterocycles. The van der Waals surface area contributed by atoms with Crippen molar-refractivity contribution in [3.05, 3.63) is 0 Å². The van der Waals surface area contributed by atoms with Crippen LogP contribution in [0.15, 0.2) is 0 Å². The third-order valence-corrected chi connectivity index (χ3v) is 3.54. The maximum Gasteiger partial charge on any atom is 0.308 e. The summed E-state index contributed by atoms with van der Waals surface area (Å²) in [5, 5.41) is 9.00. The summed E-state index contributed by atoms with van der Waals surface area (Å²) in [6.45, 7) is 3.60. The second kappa shape index (κ2) is 6.00. The topological polar surface area (TPSA) is 60.9 Å². The maximum absolute atomic E-state index is 11.4. The standard InChI is InChI=1S/C12H22N2O3/c1-9-10(12(16)17)6-8-14(9)7-4-5-11(15)13(2)3/h9-10H,4-8H2,1-3H3,(H,16,17). The first-order valence-electron chi connectivity index (χ1n) is 6.10. The predicted molar refractivity (Wildman–Crippen MR) is 64.7 cm³/mol. The number of carboxylic acid groups (broad SMARTS) is 1. The Kier molecular flexibility index (Phi) is 4.93. The molecular formula is C12H22N2O3. The number of amides is 1. The predicted octanol–water partition coefficient (Wildman–Crippen LogP) is 0.650. The van der Waals surface area contributed by atoms with Gasteiger partial charge in [-0.3, -0.25) is 14.5 Å². The normalized spacial score (nSPS) is 24.9. The van der Waals surface area contributed by atoms with E-state index < -0.39 is 5.97 Å². The number of carboxylic acids is 1.